The van der Waals surface area contributed by atoms with Crippen LogP contribution in [-0.4, -0.2) is 31.3 Å². The van der Waals surface area contributed by atoms with Crippen LogP contribution >= 0.6 is 0 Å². The zero-order valence-corrected chi connectivity index (χ0v) is 15.4. The monoisotopic (exact) mass is 367 g/mol. The van der Waals surface area contributed by atoms with Gasteiger partial charge in [0.2, 0.25) is 0 Å². The second-order valence-corrected chi connectivity index (χ2v) is 6.68. The number of carbonyl (C=O) groups is 1. The third kappa shape index (κ3) is 3.83. The Bertz CT molecular complexity index is 974. The van der Waals surface area contributed by atoms with Crippen molar-refractivity contribution in [3.63, 3.8) is 0 Å². The van der Waals surface area contributed by atoms with E-state index in [1.807, 2.05) is 19.1 Å². The molecular weight excluding hydrogens is 346 g/mol. The second-order valence-electron chi connectivity index (χ2n) is 6.68. The Balaban J connectivity index is 1.98. The van der Waals surface area contributed by atoms with E-state index in [4.69, 9.17) is 4.74 Å². The number of pyridine rings is 1. The van der Waals surface area contributed by atoms with E-state index < -0.39 is 5.72 Å². The fourth-order valence-electron chi connectivity index (χ4n) is 2.77. The van der Waals surface area contributed by atoms with Gasteiger partial charge in [0.25, 0.3) is 0 Å². The first-order chi connectivity index (χ1) is 12.8. The van der Waals surface area contributed by atoms with E-state index in [0.29, 0.717) is 17.7 Å². The normalized spacial score (nSPS) is 11.4. The van der Waals surface area contributed by atoms with Crippen LogP contribution in [-0.2, 0) is 12.3 Å². The molecule has 0 fully saturated rings. The van der Waals surface area contributed by atoms with Crippen molar-refractivity contribution in [2.75, 3.05) is 0 Å². The highest BCUT2D eigenvalue weighted by molar-refractivity contribution is 5.83. The Kier molecular flexibility index (Phi) is 4.96. The number of phenols is 1. The van der Waals surface area contributed by atoms with Gasteiger partial charge in [-0.05, 0) is 45.0 Å². The largest absolute Gasteiger partial charge is 0.507 e. The maximum Gasteiger partial charge on any atom is 0.157 e. The highest BCUT2D eigenvalue weighted by Gasteiger charge is 2.22. The highest BCUT2D eigenvalue weighted by atomic mass is 16.5. The molecule has 27 heavy (non-hydrogen) atoms. The molecule has 0 bridgehead atoms. The average Bonchev–Trinajstić information content (AvgIpc) is 3.10. The van der Waals surface area contributed by atoms with Gasteiger partial charge in [0.1, 0.15) is 18.1 Å². The number of phenolic OH excluding ortho intramolecular Hbond substituents is 1. The highest BCUT2D eigenvalue weighted by Crippen LogP contribution is 2.29. The summed E-state index contributed by atoms with van der Waals surface area (Å²) >= 11 is 0. The molecule has 0 aliphatic rings. The molecule has 0 spiro atoms. The van der Waals surface area contributed by atoms with Crippen LogP contribution in [0, 0.1) is 6.92 Å². The fraction of sp³-hybridized carbons (Fsp3) is 0.250. The van der Waals surface area contributed by atoms with Gasteiger partial charge in [-0.1, -0.05) is 12.1 Å². The summed E-state index contributed by atoms with van der Waals surface area (Å²) in [5.74, 6) is 0.150. The SMILES string of the molecule is Cc1ccc(COc2cccc(O)c2C=O)c(-c2ccnn2C(C)(C)O)n1. The third-order valence-corrected chi connectivity index (χ3v) is 4.07. The zero-order valence-electron chi connectivity index (χ0n) is 15.4. The van der Waals surface area contributed by atoms with E-state index in [1.165, 1.54) is 10.7 Å². The maximum absolute atomic E-state index is 11.2. The number of aromatic hydroxyl groups is 1. The van der Waals surface area contributed by atoms with Gasteiger partial charge in [-0.2, -0.15) is 5.10 Å². The number of benzene rings is 1. The summed E-state index contributed by atoms with van der Waals surface area (Å²) in [6, 6.07) is 10.2. The predicted molar refractivity (Wildman–Crippen MR) is 99.6 cm³/mol. The lowest BCUT2D eigenvalue weighted by Gasteiger charge is -2.22. The Morgan fingerprint density at radius 1 is 1.22 bits per heavy atom. The van der Waals surface area contributed by atoms with Gasteiger partial charge in [0, 0.05) is 17.5 Å². The summed E-state index contributed by atoms with van der Waals surface area (Å²) in [6.45, 7) is 5.28. The number of carbonyl (C=O) groups excluding carboxylic acids is 1. The van der Waals surface area contributed by atoms with Crippen LogP contribution in [0.15, 0.2) is 42.6 Å². The smallest absolute Gasteiger partial charge is 0.157 e. The van der Waals surface area contributed by atoms with E-state index in [9.17, 15) is 15.0 Å². The summed E-state index contributed by atoms with van der Waals surface area (Å²) in [5, 5.41) is 24.4. The van der Waals surface area contributed by atoms with Crippen LogP contribution in [0.3, 0.4) is 0 Å². The standard InChI is InChI=1S/C20H21N3O4/c1-13-7-8-14(12-27-18-6-4-5-17(25)15(18)11-24)19(22-13)16-9-10-21-23(16)20(2,3)26/h4-11,25-26H,12H2,1-3H3. The van der Waals surface area contributed by atoms with Gasteiger partial charge in [-0.15, -0.1) is 0 Å². The summed E-state index contributed by atoms with van der Waals surface area (Å²) in [6.07, 6.45) is 2.16. The Hall–Kier alpha value is -3.19. The molecular formula is C20H21N3O4. The molecule has 140 valence electrons. The van der Waals surface area contributed by atoms with Gasteiger partial charge in [0.05, 0.1) is 17.0 Å². The van der Waals surface area contributed by atoms with Crippen molar-refractivity contribution in [2.24, 2.45) is 0 Å². The molecule has 2 N–H and O–H groups in total. The molecule has 2 aromatic heterocycles. The first-order valence-electron chi connectivity index (χ1n) is 8.45. The number of aryl methyl sites for hydroxylation is 1. The predicted octanol–water partition coefficient (Wildman–Crippen LogP) is 3.04. The number of ether oxygens (including phenoxy) is 1. The van der Waals surface area contributed by atoms with Crippen molar-refractivity contribution in [2.45, 2.75) is 33.1 Å². The van der Waals surface area contributed by atoms with E-state index in [-0.39, 0.29) is 23.7 Å². The van der Waals surface area contributed by atoms with Crippen LogP contribution in [0.25, 0.3) is 11.4 Å². The van der Waals surface area contributed by atoms with Crippen LogP contribution in [0.1, 0.15) is 35.5 Å². The molecule has 0 radical (unpaired) electrons. The van der Waals surface area contributed by atoms with Crippen molar-refractivity contribution in [1.82, 2.24) is 14.8 Å². The first kappa shape index (κ1) is 18.6. The average molecular weight is 367 g/mol. The molecule has 7 nitrogen and oxygen atoms in total. The van der Waals surface area contributed by atoms with E-state index in [2.05, 4.69) is 10.1 Å². The fourth-order valence-corrected chi connectivity index (χ4v) is 2.77. The Labute approximate surface area is 156 Å². The topological polar surface area (TPSA) is 97.5 Å². The number of rotatable bonds is 6. The van der Waals surface area contributed by atoms with Gasteiger partial charge >= 0.3 is 0 Å². The summed E-state index contributed by atoms with van der Waals surface area (Å²) < 4.78 is 7.27. The number of aliphatic hydroxyl groups is 1. The van der Waals surface area contributed by atoms with E-state index >= 15 is 0 Å². The lowest BCUT2D eigenvalue weighted by molar-refractivity contribution is -0.00869. The molecule has 0 saturated heterocycles. The van der Waals surface area contributed by atoms with Crippen LogP contribution in [0.2, 0.25) is 0 Å². The number of aldehydes is 1. The van der Waals surface area contributed by atoms with Crippen LogP contribution in [0.5, 0.6) is 11.5 Å². The molecule has 3 aromatic rings. The van der Waals surface area contributed by atoms with Crippen molar-refractivity contribution < 1.29 is 19.7 Å². The van der Waals surface area contributed by atoms with Crippen molar-refractivity contribution in [3.05, 3.63) is 59.4 Å². The molecule has 0 aliphatic carbocycles. The van der Waals surface area contributed by atoms with Gasteiger partial charge < -0.3 is 14.9 Å². The van der Waals surface area contributed by atoms with Crippen molar-refractivity contribution in [1.29, 1.82) is 0 Å². The number of aromatic nitrogens is 3. The lowest BCUT2D eigenvalue weighted by atomic mass is 10.1. The van der Waals surface area contributed by atoms with Crippen LogP contribution < -0.4 is 4.74 Å². The minimum absolute atomic E-state index is 0.0978. The van der Waals surface area contributed by atoms with Crippen molar-refractivity contribution >= 4 is 6.29 Å². The minimum atomic E-state index is -1.20. The molecule has 1 aromatic carbocycles. The number of hydrogen-bond donors (Lipinski definition) is 2. The molecule has 0 aliphatic heterocycles. The molecule has 0 unspecified atom stereocenters. The van der Waals surface area contributed by atoms with Gasteiger partial charge in [-0.25, -0.2) is 4.68 Å². The van der Waals surface area contributed by atoms with Gasteiger partial charge in [0.15, 0.2) is 12.0 Å². The second kappa shape index (κ2) is 7.20. The lowest BCUT2D eigenvalue weighted by Crippen LogP contribution is -2.27. The van der Waals surface area contributed by atoms with Crippen LogP contribution in [0.4, 0.5) is 0 Å². The zero-order chi connectivity index (χ0) is 19.6. The van der Waals surface area contributed by atoms with Crippen molar-refractivity contribution in [3.8, 4) is 22.9 Å². The quantitative estimate of drug-likeness (QED) is 0.650. The number of nitrogens with zero attached hydrogens (tertiary/aromatic N) is 3. The minimum Gasteiger partial charge on any atom is -0.507 e. The Morgan fingerprint density at radius 2 is 2.00 bits per heavy atom. The molecule has 0 saturated carbocycles. The molecule has 0 atom stereocenters. The van der Waals surface area contributed by atoms with Gasteiger partial charge in [-0.3, -0.25) is 9.78 Å². The molecule has 3 rings (SSSR count). The first-order valence-corrected chi connectivity index (χ1v) is 8.45. The summed E-state index contributed by atoms with van der Waals surface area (Å²) in [5.41, 5.74) is 1.74. The molecule has 7 heteroatoms. The third-order valence-electron chi connectivity index (χ3n) is 4.07. The maximum atomic E-state index is 11.2. The molecule has 0 amide bonds. The van der Waals surface area contributed by atoms with E-state index in [0.717, 1.165) is 11.3 Å². The Morgan fingerprint density at radius 3 is 2.70 bits per heavy atom. The summed E-state index contributed by atoms with van der Waals surface area (Å²) in [4.78, 5) is 15.8. The van der Waals surface area contributed by atoms with E-state index in [1.54, 1.807) is 38.2 Å². The summed E-state index contributed by atoms with van der Waals surface area (Å²) in [7, 11) is 0. The molecule has 2 heterocycles. The number of hydrogen-bond acceptors (Lipinski definition) is 6.